The molecule has 0 radical (unpaired) electrons. The van der Waals surface area contributed by atoms with Gasteiger partial charge in [0.05, 0.1) is 11.3 Å². The highest BCUT2D eigenvalue weighted by atomic mass is 79.9. The van der Waals surface area contributed by atoms with Crippen molar-refractivity contribution in [3.05, 3.63) is 87.4 Å². The van der Waals surface area contributed by atoms with Crippen molar-refractivity contribution in [2.45, 2.75) is 40.0 Å². The smallest absolute Gasteiger partial charge is 0.262 e. The van der Waals surface area contributed by atoms with Crippen molar-refractivity contribution in [1.29, 1.82) is 0 Å². The molecule has 0 bridgehead atoms. The van der Waals surface area contributed by atoms with E-state index in [1.165, 1.54) is 0 Å². The number of nitrogens with one attached hydrogen (secondary N) is 2. The lowest BCUT2D eigenvalue weighted by atomic mass is 9.86. The number of hydrogen-bond acceptors (Lipinski definition) is 3. The molecule has 0 aliphatic heterocycles. The molecule has 172 valence electrons. The fourth-order valence-electron chi connectivity index (χ4n) is 3.35. The van der Waals surface area contributed by atoms with E-state index in [1.54, 1.807) is 24.3 Å². The summed E-state index contributed by atoms with van der Waals surface area (Å²) in [5, 5.41) is 5.70. The predicted molar refractivity (Wildman–Crippen MR) is 137 cm³/mol. The van der Waals surface area contributed by atoms with Crippen LogP contribution in [0, 0.1) is 13.8 Å². The molecule has 0 aliphatic rings. The molecule has 0 saturated carbocycles. The van der Waals surface area contributed by atoms with E-state index >= 15 is 0 Å². The van der Waals surface area contributed by atoms with Crippen LogP contribution in [0.25, 0.3) is 0 Å². The first-order valence-corrected chi connectivity index (χ1v) is 11.5. The van der Waals surface area contributed by atoms with Crippen LogP contribution in [0.2, 0.25) is 0 Å². The van der Waals surface area contributed by atoms with Crippen molar-refractivity contribution in [3.8, 4) is 5.75 Å². The first-order valence-electron chi connectivity index (χ1n) is 10.7. The summed E-state index contributed by atoms with van der Waals surface area (Å²) in [4.78, 5) is 25.5. The fraction of sp³-hybridized carbons (Fsp3) is 0.259. The average molecular weight is 509 g/mol. The van der Waals surface area contributed by atoms with Gasteiger partial charge in [-0.25, -0.2) is 0 Å². The molecule has 0 aliphatic carbocycles. The van der Waals surface area contributed by atoms with E-state index < -0.39 is 0 Å². The van der Waals surface area contributed by atoms with Crippen molar-refractivity contribution in [1.82, 2.24) is 0 Å². The van der Waals surface area contributed by atoms with Crippen molar-refractivity contribution in [2.24, 2.45) is 0 Å². The van der Waals surface area contributed by atoms with Crippen LogP contribution >= 0.6 is 15.9 Å². The largest absolute Gasteiger partial charge is 0.483 e. The second kappa shape index (κ2) is 10.2. The van der Waals surface area contributed by atoms with Gasteiger partial charge >= 0.3 is 0 Å². The van der Waals surface area contributed by atoms with E-state index in [0.717, 1.165) is 21.2 Å². The Hall–Kier alpha value is -3.12. The number of halogens is 1. The number of benzene rings is 3. The van der Waals surface area contributed by atoms with E-state index in [2.05, 4.69) is 47.3 Å². The highest BCUT2D eigenvalue weighted by molar-refractivity contribution is 9.10. The molecular weight excluding hydrogens is 480 g/mol. The minimum atomic E-state index is -0.343. The lowest BCUT2D eigenvalue weighted by molar-refractivity contribution is -0.118. The summed E-state index contributed by atoms with van der Waals surface area (Å²) in [5.41, 5.74) is 4.61. The Kier molecular flexibility index (Phi) is 7.59. The van der Waals surface area contributed by atoms with Crippen LogP contribution in [-0.2, 0) is 10.2 Å². The number of hydrogen-bond donors (Lipinski definition) is 2. The Labute approximate surface area is 203 Å². The standard InChI is InChI=1S/C27H29BrN2O3/c1-17-10-12-20(14-18(17)2)29-26(32)21-8-6-7-9-23(21)30-25(31)16-33-24-13-11-19(28)15-22(24)27(3,4)5/h6-15H,16H2,1-5H3,(H,29,32)(H,30,31). The Morgan fingerprint density at radius 2 is 1.64 bits per heavy atom. The van der Waals surface area contributed by atoms with Crippen LogP contribution in [0.5, 0.6) is 5.75 Å². The van der Waals surface area contributed by atoms with E-state index in [4.69, 9.17) is 4.74 Å². The zero-order valence-electron chi connectivity index (χ0n) is 19.6. The number of anilines is 2. The molecule has 0 aromatic heterocycles. The van der Waals surface area contributed by atoms with Gasteiger partial charge in [0, 0.05) is 15.7 Å². The van der Waals surface area contributed by atoms with Gasteiger partial charge in [-0.15, -0.1) is 0 Å². The molecule has 0 saturated heterocycles. The number of rotatable bonds is 6. The van der Waals surface area contributed by atoms with Gasteiger partial charge in [0.25, 0.3) is 11.8 Å². The topological polar surface area (TPSA) is 67.4 Å². The lowest BCUT2D eigenvalue weighted by Crippen LogP contribution is -2.24. The van der Waals surface area contributed by atoms with Crippen LogP contribution in [0.15, 0.2) is 65.1 Å². The Bertz CT molecular complexity index is 1180. The Morgan fingerprint density at radius 1 is 0.909 bits per heavy atom. The van der Waals surface area contributed by atoms with E-state index in [0.29, 0.717) is 22.7 Å². The molecule has 0 unspecified atom stereocenters. The van der Waals surface area contributed by atoms with Gasteiger partial charge in [0.1, 0.15) is 5.75 Å². The zero-order valence-corrected chi connectivity index (χ0v) is 21.2. The predicted octanol–water partition coefficient (Wildman–Crippen LogP) is 6.63. The Balaban J connectivity index is 1.70. The van der Waals surface area contributed by atoms with Crippen molar-refractivity contribution < 1.29 is 14.3 Å². The summed E-state index contributed by atoms with van der Waals surface area (Å²) < 4.78 is 6.79. The van der Waals surface area contributed by atoms with Crippen LogP contribution in [0.3, 0.4) is 0 Å². The molecular formula is C27H29BrN2O3. The number of ether oxygens (including phenoxy) is 1. The number of carbonyl (C=O) groups is 2. The third-order valence-electron chi connectivity index (χ3n) is 5.32. The Morgan fingerprint density at radius 3 is 2.33 bits per heavy atom. The molecule has 2 amide bonds. The van der Waals surface area contributed by atoms with Gasteiger partial charge in [-0.05, 0) is 72.9 Å². The monoisotopic (exact) mass is 508 g/mol. The first-order chi connectivity index (χ1) is 15.5. The van der Waals surface area contributed by atoms with E-state index in [-0.39, 0.29) is 23.8 Å². The van der Waals surface area contributed by atoms with Crippen molar-refractivity contribution >= 4 is 39.1 Å². The van der Waals surface area contributed by atoms with Crippen molar-refractivity contribution in [3.63, 3.8) is 0 Å². The van der Waals surface area contributed by atoms with Gasteiger partial charge in [-0.1, -0.05) is 54.9 Å². The molecule has 0 fully saturated rings. The van der Waals surface area contributed by atoms with Crippen LogP contribution in [0.1, 0.15) is 47.8 Å². The number of amides is 2. The quantitative estimate of drug-likeness (QED) is 0.392. The van der Waals surface area contributed by atoms with E-state index in [9.17, 15) is 9.59 Å². The minimum Gasteiger partial charge on any atom is -0.483 e. The maximum atomic E-state index is 12.9. The summed E-state index contributed by atoms with van der Waals surface area (Å²) in [6.07, 6.45) is 0. The zero-order chi connectivity index (χ0) is 24.2. The third kappa shape index (κ3) is 6.45. The molecule has 0 heterocycles. The third-order valence-corrected chi connectivity index (χ3v) is 5.81. The maximum Gasteiger partial charge on any atom is 0.262 e. The number of carbonyl (C=O) groups excluding carboxylic acids is 2. The highest BCUT2D eigenvalue weighted by Gasteiger charge is 2.20. The van der Waals surface area contributed by atoms with Crippen LogP contribution < -0.4 is 15.4 Å². The van der Waals surface area contributed by atoms with Gasteiger partial charge < -0.3 is 15.4 Å². The summed E-state index contributed by atoms with van der Waals surface area (Å²) in [6.45, 7) is 10.1. The summed E-state index contributed by atoms with van der Waals surface area (Å²) in [5.74, 6) is 0.0174. The normalized spacial score (nSPS) is 11.1. The molecule has 5 nitrogen and oxygen atoms in total. The van der Waals surface area contributed by atoms with E-state index in [1.807, 2.05) is 50.2 Å². The average Bonchev–Trinajstić information content (AvgIpc) is 2.75. The van der Waals surface area contributed by atoms with Gasteiger partial charge in [-0.2, -0.15) is 0 Å². The second-order valence-electron chi connectivity index (χ2n) is 9.03. The highest BCUT2D eigenvalue weighted by Crippen LogP contribution is 2.33. The van der Waals surface area contributed by atoms with Gasteiger partial charge in [0.2, 0.25) is 0 Å². The number of para-hydroxylation sites is 1. The van der Waals surface area contributed by atoms with Gasteiger partial charge in [-0.3, -0.25) is 9.59 Å². The molecule has 0 atom stereocenters. The summed E-state index contributed by atoms with van der Waals surface area (Å²) in [7, 11) is 0. The SMILES string of the molecule is Cc1ccc(NC(=O)c2ccccc2NC(=O)COc2ccc(Br)cc2C(C)(C)C)cc1C. The molecule has 2 N–H and O–H groups in total. The molecule has 3 aromatic carbocycles. The molecule has 0 spiro atoms. The molecule has 3 rings (SSSR count). The maximum absolute atomic E-state index is 12.9. The fourth-order valence-corrected chi connectivity index (χ4v) is 3.71. The second-order valence-corrected chi connectivity index (χ2v) is 9.94. The van der Waals surface area contributed by atoms with Crippen molar-refractivity contribution in [2.75, 3.05) is 17.2 Å². The van der Waals surface area contributed by atoms with Crippen LogP contribution in [0.4, 0.5) is 11.4 Å². The lowest BCUT2D eigenvalue weighted by Gasteiger charge is -2.23. The summed E-state index contributed by atoms with van der Waals surface area (Å²) >= 11 is 3.49. The van der Waals surface area contributed by atoms with Crippen LogP contribution in [-0.4, -0.2) is 18.4 Å². The van der Waals surface area contributed by atoms with Gasteiger partial charge in [0.15, 0.2) is 6.61 Å². The molecule has 33 heavy (non-hydrogen) atoms. The summed E-state index contributed by atoms with van der Waals surface area (Å²) in [6, 6.07) is 18.4. The number of aryl methyl sites for hydroxylation is 2. The molecule has 6 heteroatoms. The minimum absolute atomic E-state index is 0.144. The first kappa shape index (κ1) is 24.5. The molecule has 3 aromatic rings.